The van der Waals surface area contributed by atoms with E-state index in [-0.39, 0.29) is 0 Å². The smallest absolute Gasteiger partial charge is 0.229 e. The van der Waals surface area contributed by atoms with E-state index in [4.69, 9.17) is 12.2 Å². The second-order valence-corrected chi connectivity index (χ2v) is 7.87. The quantitative estimate of drug-likeness (QED) is 0.314. The van der Waals surface area contributed by atoms with Gasteiger partial charge in [-0.05, 0) is 61.6 Å². The third kappa shape index (κ3) is 6.33. The highest BCUT2D eigenvalue weighted by Crippen LogP contribution is 2.15. The number of hydrogen-bond donors (Lipinski definition) is 3. The molecule has 29 heavy (non-hydrogen) atoms. The minimum Gasteiger partial charge on any atom is -0.332 e. The lowest BCUT2D eigenvalue weighted by Crippen LogP contribution is -2.39. The number of aromatic nitrogens is 2. The minimum atomic E-state index is 0.452. The van der Waals surface area contributed by atoms with Crippen LogP contribution in [0.3, 0.4) is 0 Å². The number of para-hydroxylation sites is 1. The van der Waals surface area contributed by atoms with Crippen molar-refractivity contribution < 1.29 is 0 Å². The average molecular weight is 425 g/mol. The average Bonchev–Trinajstić information content (AvgIpc) is 3.19. The first-order valence-corrected chi connectivity index (χ1v) is 10.6. The number of aliphatic imine (C=N–C) groups is 1. The van der Waals surface area contributed by atoms with Crippen molar-refractivity contribution in [3.05, 3.63) is 69.7 Å². The van der Waals surface area contributed by atoms with Gasteiger partial charge < -0.3 is 10.6 Å². The zero-order valence-electron chi connectivity index (χ0n) is 16.7. The van der Waals surface area contributed by atoms with Gasteiger partial charge in [-0.3, -0.25) is 5.32 Å². The minimum absolute atomic E-state index is 0.452. The summed E-state index contributed by atoms with van der Waals surface area (Å²) in [6.45, 7) is 6.52. The molecule has 8 heteroatoms. The highest BCUT2D eigenvalue weighted by atomic mass is 32.1. The fourth-order valence-electron chi connectivity index (χ4n) is 2.77. The molecular formula is C21H24N6S2. The van der Waals surface area contributed by atoms with Gasteiger partial charge in [0.15, 0.2) is 5.11 Å². The van der Waals surface area contributed by atoms with Gasteiger partial charge in [0.25, 0.3) is 0 Å². The van der Waals surface area contributed by atoms with E-state index in [9.17, 15) is 0 Å². The number of hydrogen-bond acceptors (Lipinski definition) is 5. The van der Waals surface area contributed by atoms with Gasteiger partial charge in [-0.15, -0.1) is 11.3 Å². The lowest BCUT2D eigenvalue weighted by Gasteiger charge is -2.15. The Morgan fingerprint density at radius 2 is 1.83 bits per heavy atom. The summed E-state index contributed by atoms with van der Waals surface area (Å²) in [6, 6.07) is 14.1. The van der Waals surface area contributed by atoms with Crippen LogP contribution in [-0.4, -0.2) is 21.0 Å². The maximum absolute atomic E-state index is 5.52. The molecule has 0 atom stereocenters. The Bertz CT molecular complexity index is 978. The zero-order chi connectivity index (χ0) is 20.6. The molecule has 2 aromatic heterocycles. The normalized spacial score (nSPS) is 11.2. The van der Waals surface area contributed by atoms with Crippen molar-refractivity contribution in [3.8, 4) is 0 Å². The molecule has 0 amide bonds. The molecule has 0 saturated carbocycles. The molecule has 0 aliphatic rings. The summed E-state index contributed by atoms with van der Waals surface area (Å²) < 4.78 is 0. The van der Waals surface area contributed by atoms with E-state index in [2.05, 4.69) is 43.9 Å². The summed E-state index contributed by atoms with van der Waals surface area (Å²) in [7, 11) is 0. The lowest BCUT2D eigenvalue weighted by molar-refractivity contribution is 1.04. The van der Waals surface area contributed by atoms with Crippen LogP contribution in [0.25, 0.3) is 0 Å². The monoisotopic (exact) mass is 424 g/mol. The van der Waals surface area contributed by atoms with E-state index in [0.29, 0.717) is 23.6 Å². The Morgan fingerprint density at radius 3 is 2.52 bits per heavy atom. The number of nitrogens with zero attached hydrogens (tertiary/aromatic N) is 3. The molecule has 0 bridgehead atoms. The van der Waals surface area contributed by atoms with Crippen LogP contribution in [0, 0.1) is 13.8 Å². The van der Waals surface area contributed by atoms with Crippen molar-refractivity contribution in [2.75, 3.05) is 10.6 Å². The Labute approximate surface area is 180 Å². The first-order valence-electron chi connectivity index (χ1n) is 9.35. The molecule has 0 radical (unpaired) electrons. The van der Waals surface area contributed by atoms with E-state index < -0.39 is 0 Å². The summed E-state index contributed by atoms with van der Waals surface area (Å²) in [5.74, 6) is 0.978. The van der Waals surface area contributed by atoms with Crippen LogP contribution < -0.4 is 16.0 Å². The van der Waals surface area contributed by atoms with Crippen LogP contribution in [0.1, 0.15) is 28.8 Å². The summed E-state index contributed by atoms with van der Waals surface area (Å²) in [4.78, 5) is 14.7. The maximum atomic E-state index is 5.52. The van der Waals surface area contributed by atoms with Gasteiger partial charge in [0.05, 0.1) is 6.54 Å². The van der Waals surface area contributed by atoms with Gasteiger partial charge in [-0.25, -0.2) is 15.0 Å². The van der Waals surface area contributed by atoms with Crippen LogP contribution in [0.4, 0.5) is 11.6 Å². The topological polar surface area (TPSA) is 74.2 Å². The predicted molar refractivity (Wildman–Crippen MR) is 126 cm³/mol. The van der Waals surface area contributed by atoms with Crippen LogP contribution in [-0.2, 0) is 13.0 Å². The van der Waals surface area contributed by atoms with Gasteiger partial charge in [0, 0.05) is 22.0 Å². The summed E-state index contributed by atoms with van der Waals surface area (Å²) in [5.41, 5.74) is 3.94. The molecule has 0 fully saturated rings. The summed E-state index contributed by atoms with van der Waals surface area (Å²) >= 11 is 7.18. The second kappa shape index (κ2) is 10.1. The van der Waals surface area contributed by atoms with E-state index in [1.54, 1.807) is 11.3 Å². The molecule has 3 aromatic rings. The molecule has 3 rings (SSSR count). The largest absolute Gasteiger partial charge is 0.332 e. The molecule has 6 nitrogen and oxygen atoms in total. The Kier molecular flexibility index (Phi) is 7.26. The van der Waals surface area contributed by atoms with Crippen LogP contribution in [0.15, 0.2) is 52.8 Å². The van der Waals surface area contributed by atoms with Crippen LogP contribution >= 0.6 is 23.6 Å². The number of guanidine groups is 1. The van der Waals surface area contributed by atoms with E-state index >= 15 is 0 Å². The summed E-state index contributed by atoms with van der Waals surface area (Å²) in [5, 5.41) is 12.1. The first-order chi connectivity index (χ1) is 14.0. The number of anilines is 2. The third-order valence-electron chi connectivity index (χ3n) is 4.06. The van der Waals surface area contributed by atoms with Gasteiger partial charge in [0.1, 0.15) is 0 Å². The molecule has 0 unspecified atom stereocenters. The molecule has 0 saturated heterocycles. The molecule has 150 valence electrons. The SMILES string of the molecule is CCc1ccccc1NC(=S)NC(=NCc1cccs1)Nc1nc(C)cc(C)n1. The molecule has 3 N–H and O–H groups in total. The van der Waals surface area contributed by atoms with Crippen LogP contribution in [0.2, 0.25) is 0 Å². The number of aryl methyl sites for hydroxylation is 3. The number of thiophene rings is 1. The van der Waals surface area contributed by atoms with Gasteiger partial charge >= 0.3 is 0 Å². The van der Waals surface area contributed by atoms with Crippen molar-refractivity contribution in [1.29, 1.82) is 0 Å². The molecule has 0 spiro atoms. The second-order valence-electron chi connectivity index (χ2n) is 6.43. The number of thiocarbonyl (C=S) groups is 1. The predicted octanol–water partition coefficient (Wildman–Crippen LogP) is 4.67. The fourth-order valence-corrected chi connectivity index (χ4v) is 3.60. The van der Waals surface area contributed by atoms with Crippen molar-refractivity contribution >= 4 is 46.3 Å². The fraction of sp³-hybridized carbons (Fsp3) is 0.238. The zero-order valence-corrected chi connectivity index (χ0v) is 18.3. The Morgan fingerprint density at radius 1 is 1.07 bits per heavy atom. The maximum Gasteiger partial charge on any atom is 0.229 e. The standard InChI is InChI=1S/C21H24N6S2/c1-4-16-8-5-6-10-18(16)25-21(28)27-19(22-13-17-9-7-11-29-17)26-20-23-14(2)12-15(3)24-20/h5-12H,4,13H2,1-3H3,(H3,22,23,24,25,26,27,28). The van der Waals surface area contributed by atoms with Crippen molar-refractivity contribution in [3.63, 3.8) is 0 Å². The summed E-state index contributed by atoms with van der Waals surface area (Å²) in [6.07, 6.45) is 0.916. The van der Waals surface area contributed by atoms with E-state index in [0.717, 1.165) is 28.4 Å². The van der Waals surface area contributed by atoms with E-state index in [1.165, 1.54) is 5.56 Å². The van der Waals surface area contributed by atoms with E-state index in [1.807, 2.05) is 55.6 Å². The number of nitrogens with one attached hydrogen (secondary N) is 3. The van der Waals surface area contributed by atoms with Gasteiger partial charge in [0.2, 0.25) is 11.9 Å². The molecule has 0 aliphatic carbocycles. The van der Waals surface area contributed by atoms with Gasteiger partial charge in [-0.1, -0.05) is 31.2 Å². The lowest BCUT2D eigenvalue weighted by atomic mass is 10.1. The van der Waals surface area contributed by atoms with Crippen molar-refractivity contribution in [1.82, 2.24) is 15.3 Å². The number of benzene rings is 1. The molecule has 0 aliphatic heterocycles. The van der Waals surface area contributed by atoms with Gasteiger partial charge in [-0.2, -0.15) is 0 Å². The van der Waals surface area contributed by atoms with Crippen molar-refractivity contribution in [2.45, 2.75) is 33.7 Å². The first kappa shape index (κ1) is 20.9. The van der Waals surface area contributed by atoms with Crippen molar-refractivity contribution in [2.24, 2.45) is 4.99 Å². The highest BCUT2D eigenvalue weighted by Gasteiger charge is 2.09. The Balaban J connectivity index is 1.76. The Hall–Kier alpha value is -2.84. The third-order valence-corrected chi connectivity index (χ3v) is 5.13. The van der Waals surface area contributed by atoms with Crippen LogP contribution in [0.5, 0.6) is 0 Å². The number of rotatable bonds is 5. The molecule has 1 aromatic carbocycles. The molecule has 2 heterocycles. The molecular weight excluding hydrogens is 400 g/mol. The highest BCUT2D eigenvalue weighted by molar-refractivity contribution is 7.80.